The number of hydrogen-bond acceptors (Lipinski definition) is 4. The number of nitrogens with one attached hydrogen (secondary N) is 1. The molecule has 0 aliphatic carbocycles. The third-order valence-corrected chi connectivity index (χ3v) is 6.66. The Balaban J connectivity index is 1.73. The molecule has 1 aliphatic rings. The van der Waals surface area contributed by atoms with Crippen molar-refractivity contribution in [3.05, 3.63) is 35.4 Å². The molecule has 4 nitrogen and oxygen atoms in total. The summed E-state index contributed by atoms with van der Waals surface area (Å²) in [5, 5.41) is 2.95. The molecular formula is C14H19NO3S2. The van der Waals surface area contributed by atoms with E-state index < -0.39 is 9.84 Å². The second-order valence-corrected chi connectivity index (χ2v) is 8.56. The Hall–Kier alpha value is -1.01. The first-order valence-corrected chi connectivity index (χ1v) is 9.46. The highest BCUT2D eigenvalue weighted by atomic mass is 32.2. The molecule has 1 unspecified atom stereocenters. The molecule has 20 heavy (non-hydrogen) atoms. The van der Waals surface area contributed by atoms with E-state index in [4.69, 9.17) is 0 Å². The van der Waals surface area contributed by atoms with Crippen LogP contribution in [0.15, 0.2) is 24.3 Å². The number of hydrogen-bond donors (Lipinski definition) is 1. The third kappa shape index (κ3) is 4.52. The van der Waals surface area contributed by atoms with Crippen LogP contribution in [-0.2, 0) is 21.2 Å². The Morgan fingerprint density at radius 3 is 2.80 bits per heavy atom. The van der Waals surface area contributed by atoms with Crippen molar-refractivity contribution in [1.82, 2.24) is 5.32 Å². The Morgan fingerprint density at radius 2 is 2.15 bits per heavy atom. The van der Waals surface area contributed by atoms with Crippen LogP contribution in [0.2, 0.25) is 0 Å². The van der Waals surface area contributed by atoms with E-state index >= 15 is 0 Å². The molecule has 110 valence electrons. The third-order valence-electron chi connectivity index (χ3n) is 3.38. The molecule has 0 radical (unpaired) electrons. The van der Waals surface area contributed by atoms with E-state index in [2.05, 4.69) is 5.32 Å². The lowest BCUT2D eigenvalue weighted by Gasteiger charge is -2.09. The minimum Gasteiger partial charge on any atom is -0.351 e. The van der Waals surface area contributed by atoms with E-state index in [1.54, 1.807) is 0 Å². The van der Waals surface area contributed by atoms with E-state index in [-0.39, 0.29) is 22.7 Å². The SMILES string of the molecule is Cc1ccccc1CNC(=O)CSC1CCS(=O)(=O)C1. The summed E-state index contributed by atoms with van der Waals surface area (Å²) in [6, 6.07) is 7.93. The number of aryl methyl sites for hydroxylation is 1. The maximum Gasteiger partial charge on any atom is 0.230 e. The van der Waals surface area contributed by atoms with Gasteiger partial charge in [0.2, 0.25) is 5.91 Å². The topological polar surface area (TPSA) is 63.2 Å². The van der Waals surface area contributed by atoms with E-state index in [0.29, 0.717) is 18.7 Å². The molecule has 1 aromatic carbocycles. The maximum absolute atomic E-state index is 11.8. The molecule has 0 aromatic heterocycles. The zero-order valence-corrected chi connectivity index (χ0v) is 13.1. The zero-order chi connectivity index (χ0) is 14.6. The first-order valence-electron chi connectivity index (χ1n) is 6.59. The largest absolute Gasteiger partial charge is 0.351 e. The fraction of sp³-hybridized carbons (Fsp3) is 0.500. The number of carbonyl (C=O) groups is 1. The predicted molar refractivity (Wildman–Crippen MR) is 82.5 cm³/mol. The van der Waals surface area contributed by atoms with Gasteiger partial charge in [0.15, 0.2) is 9.84 Å². The standard InChI is InChI=1S/C14H19NO3S2/c1-11-4-2-3-5-12(11)8-15-14(16)9-19-13-6-7-20(17,18)10-13/h2-5,13H,6-10H2,1H3,(H,15,16). The van der Waals surface area contributed by atoms with Gasteiger partial charge in [0, 0.05) is 11.8 Å². The second kappa shape index (κ2) is 6.63. The van der Waals surface area contributed by atoms with Crippen LogP contribution < -0.4 is 5.32 Å². The van der Waals surface area contributed by atoms with Crippen LogP contribution in [0.4, 0.5) is 0 Å². The van der Waals surface area contributed by atoms with Gasteiger partial charge in [-0.1, -0.05) is 24.3 Å². The average molecular weight is 313 g/mol. The number of sulfone groups is 1. The Kier molecular flexibility index (Phi) is 5.10. The molecule has 1 atom stereocenters. The van der Waals surface area contributed by atoms with Crippen molar-refractivity contribution in [2.75, 3.05) is 17.3 Å². The van der Waals surface area contributed by atoms with Crippen molar-refractivity contribution in [3.63, 3.8) is 0 Å². The fourth-order valence-corrected chi connectivity index (χ4v) is 5.61. The van der Waals surface area contributed by atoms with E-state index in [1.807, 2.05) is 31.2 Å². The number of thioether (sulfide) groups is 1. The molecule has 1 saturated heterocycles. The lowest BCUT2D eigenvalue weighted by Crippen LogP contribution is -2.26. The monoisotopic (exact) mass is 313 g/mol. The van der Waals surface area contributed by atoms with Gasteiger partial charge in [-0.05, 0) is 24.5 Å². The van der Waals surface area contributed by atoms with Gasteiger partial charge in [-0.15, -0.1) is 11.8 Å². The summed E-state index contributed by atoms with van der Waals surface area (Å²) in [4.78, 5) is 11.8. The highest BCUT2D eigenvalue weighted by Gasteiger charge is 2.28. The molecule has 2 rings (SSSR count). The summed E-state index contributed by atoms with van der Waals surface area (Å²) >= 11 is 1.44. The van der Waals surface area contributed by atoms with Crippen molar-refractivity contribution in [3.8, 4) is 0 Å². The number of carbonyl (C=O) groups excluding carboxylic acids is 1. The maximum atomic E-state index is 11.8. The summed E-state index contributed by atoms with van der Waals surface area (Å²) in [6.45, 7) is 2.54. The van der Waals surface area contributed by atoms with Gasteiger partial charge >= 0.3 is 0 Å². The Labute approximate surface area is 124 Å². The molecule has 0 bridgehead atoms. The van der Waals surface area contributed by atoms with Crippen LogP contribution in [-0.4, -0.2) is 36.8 Å². The summed E-state index contributed by atoms with van der Waals surface area (Å²) in [5.74, 6) is 0.757. The van der Waals surface area contributed by atoms with Crippen LogP contribution >= 0.6 is 11.8 Å². The Bertz CT molecular complexity index is 584. The summed E-state index contributed by atoms with van der Waals surface area (Å²) in [5.41, 5.74) is 2.26. The van der Waals surface area contributed by atoms with Crippen LogP contribution in [0, 0.1) is 6.92 Å². The van der Waals surface area contributed by atoms with Crippen molar-refractivity contribution >= 4 is 27.5 Å². The molecule has 1 amide bonds. The van der Waals surface area contributed by atoms with E-state index in [9.17, 15) is 13.2 Å². The molecule has 0 spiro atoms. The first-order chi connectivity index (χ1) is 9.46. The molecule has 1 aliphatic heterocycles. The van der Waals surface area contributed by atoms with Crippen LogP contribution in [0.5, 0.6) is 0 Å². The van der Waals surface area contributed by atoms with Crippen molar-refractivity contribution in [1.29, 1.82) is 0 Å². The number of amides is 1. The molecule has 1 N–H and O–H groups in total. The predicted octanol–water partition coefficient (Wildman–Crippen LogP) is 1.53. The number of benzene rings is 1. The summed E-state index contributed by atoms with van der Waals surface area (Å²) in [6.07, 6.45) is 0.665. The molecular weight excluding hydrogens is 294 g/mol. The van der Waals surface area contributed by atoms with Crippen LogP contribution in [0.1, 0.15) is 17.5 Å². The number of rotatable bonds is 5. The molecule has 0 saturated carbocycles. The normalized spacial score (nSPS) is 20.8. The second-order valence-electron chi connectivity index (χ2n) is 5.04. The van der Waals surface area contributed by atoms with Crippen LogP contribution in [0.3, 0.4) is 0 Å². The van der Waals surface area contributed by atoms with E-state index in [1.165, 1.54) is 11.8 Å². The van der Waals surface area contributed by atoms with Gasteiger partial charge in [0.25, 0.3) is 0 Å². The smallest absolute Gasteiger partial charge is 0.230 e. The Morgan fingerprint density at radius 1 is 1.40 bits per heavy atom. The highest BCUT2D eigenvalue weighted by molar-refractivity contribution is 8.02. The highest BCUT2D eigenvalue weighted by Crippen LogP contribution is 2.23. The van der Waals surface area contributed by atoms with Gasteiger partial charge in [-0.3, -0.25) is 4.79 Å². The van der Waals surface area contributed by atoms with Gasteiger partial charge in [0.05, 0.1) is 17.3 Å². The van der Waals surface area contributed by atoms with E-state index in [0.717, 1.165) is 11.1 Å². The molecule has 1 heterocycles. The summed E-state index contributed by atoms with van der Waals surface area (Å²) < 4.78 is 22.6. The molecule has 6 heteroatoms. The fourth-order valence-electron chi connectivity index (χ4n) is 2.14. The van der Waals surface area contributed by atoms with Gasteiger partial charge in [0.1, 0.15) is 0 Å². The lowest BCUT2D eigenvalue weighted by molar-refractivity contribution is -0.118. The quantitative estimate of drug-likeness (QED) is 0.895. The lowest BCUT2D eigenvalue weighted by atomic mass is 10.1. The van der Waals surface area contributed by atoms with Gasteiger partial charge < -0.3 is 5.32 Å². The van der Waals surface area contributed by atoms with Gasteiger partial charge in [-0.2, -0.15) is 0 Å². The minimum absolute atomic E-state index is 0.0393. The van der Waals surface area contributed by atoms with Crippen molar-refractivity contribution < 1.29 is 13.2 Å². The van der Waals surface area contributed by atoms with Crippen molar-refractivity contribution in [2.24, 2.45) is 0 Å². The minimum atomic E-state index is -2.86. The molecule has 1 aromatic rings. The van der Waals surface area contributed by atoms with Crippen LogP contribution in [0.25, 0.3) is 0 Å². The summed E-state index contributed by atoms with van der Waals surface area (Å²) in [7, 11) is -2.86. The van der Waals surface area contributed by atoms with Crippen molar-refractivity contribution in [2.45, 2.75) is 25.1 Å². The average Bonchev–Trinajstić information content (AvgIpc) is 2.75. The first kappa shape index (κ1) is 15.4. The van der Waals surface area contributed by atoms with Gasteiger partial charge in [-0.25, -0.2) is 8.42 Å². The molecule has 1 fully saturated rings. The zero-order valence-electron chi connectivity index (χ0n) is 11.5.